The van der Waals surface area contributed by atoms with E-state index in [1.54, 1.807) is 30.3 Å². The van der Waals surface area contributed by atoms with Gasteiger partial charge in [-0.1, -0.05) is 12.1 Å². The highest BCUT2D eigenvalue weighted by Gasteiger charge is 2.29. The quantitative estimate of drug-likeness (QED) is 0.432. The minimum atomic E-state index is -2.78. The second-order valence-electron chi connectivity index (χ2n) is 10.8. The Morgan fingerprint density at radius 3 is 2.48 bits per heavy atom. The number of hydrogen-bond donors (Lipinski definition) is 2. The molecule has 1 aliphatic carbocycles. The molecule has 2 aliphatic heterocycles. The second kappa shape index (κ2) is 12.3. The van der Waals surface area contributed by atoms with Gasteiger partial charge in [-0.2, -0.15) is 9.97 Å². The summed E-state index contributed by atoms with van der Waals surface area (Å²) in [4.78, 5) is 18.2. The van der Waals surface area contributed by atoms with Crippen LogP contribution in [0.5, 0.6) is 0 Å². The standard InChI is InChI=1S/C28H37F2N7O3/c29-26(30)27-32-22-3-1-2-4-23(22)37(27)25-15-24(36-11-14-40-18-21(36)17-38)33-28(34-25)31-16-19-5-7-20(8-6-19)35-9-12-39-13-10-35/h1-4,15,19-21,26,38H,5-14,16-18H2,(H,31,33,34)/t19?,20?,21-/m0/s1. The number of aromatic nitrogens is 4. The number of nitrogens with zero attached hydrogens (tertiary/aromatic N) is 6. The van der Waals surface area contributed by atoms with E-state index >= 15 is 0 Å². The van der Waals surface area contributed by atoms with Crippen LogP contribution in [0.3, 0.4) is 0 Å². The fourth-order valence-corrected chi connectivity index (χ4v) is 6.19. The first-order chi connectivity index (χ1) is 19.6. The van der Waals surface area contributed by atoms with Crippen molar-refractivity contribution in [1.29, 1.82) is 0 Å². The number of imidazole rings is 1. The first kappa shape index (κ1) is 27.3. The molecule has 10 nitrogen and oxygen atoms in total. The van der Waals surface area contributed by atoms with E-state index in [2.05, 4.69) is 15.2 Å². The maximum atomic E-state index is 14.2. The molecule has 2 aromatic heterocycles. The summed E-state index contributed by atoms with van der Waals surface area (Å²) in [6.07, 6.45) is 1.75. The molecule has 0 bridgehead atoms. The predicted molar refractivity (Wildman–Crippen MR) is 147 cm³/mol. The summed E-state index contributed by atoms with van der Waals surface area (Å²) in [6.45, 7) is 5.63. The third-order valence-corrected chi connectivity index (χ3v) is 8.37. The van der Waals surface area contributed by atoms with Gasteiger partial charge in [-0.05, 0) is 43.7 Å². The van der Waals surface area contributed by atoms with Crippen LogP contribution < -0.4 is 10.2 Å². The van der Waals surface area contributed by atoms with E-state index in [1.165, 1.54) is 4.57 Å². The van der Waals surface area contributed by atoms with Gasteiger partial charge in [0.05, 0.1) is 50.1 Å². The lowest BCUT2D eigenvalue weighted by atomic mass is 9.85. The van der Waals surface area contributed by atoms with Crippen LogP contribution in [0.4, 0.5) is 20.5 Å². The number of benzene rings is 1. The lowest BCUT2D eigenvalue weighted by Crippen LogP contribution is -2.48. The number of nitrogens with one attached hydrogen (secondary N) is 1. The molecule has 12 heteroatoms. The highest BCUT2D eigenvalue weighted by Crippen LogP contribution is 2.31. The van der Waals surface area contributed by atoms with E-state index in [1.807, 2.05) is 4.90 Å². The van der Waals surface area contributed by atoms with Gasteiger partial charge in [0, 0.05) is 38.3 Å². The van der Waals surface area contributed by atoms with E-state index < -0.39 is 6.43 Å². The van der Waals surface area contributed by atoms with Crippen LogP contribution >= 0.6 is 0 Å². The van der Waals surface area contributed by atoms with E-state index in [0.29, 0.717) is 66.9 Å². The van der Waals surface area contributed by atoms with Crippen molar-refractivity contribution in [3.05, 3.63) is 36.2 Å². The summed E-state index contributed by atoms with van der Waals surface area (Å²) in [7, 11) is 0. The van der Waals surface area contributed by atoms with Crippen LogP contribution in [-0.4, -0.2) is 101 Å². The highest BCUT2D eigenvalue weighted by atomic mass is 19.3. The van der Waals surface area contributed by atoms with Crippen LogP contribution in [0.25, 0.3) is 16.9 Å². The van der Waals surface area contributed by atoms with Gasteiger partial charge in [0.2, 0.25) is 5.95 Å². The number of alkyl halides is 2. The zero-order chi connectivity index (χ0) is 27.5. The molecule has 3 aromatic rings. The van der Waals surface area contributed by atoms with E-state index in [0.717, 1.165) is 52.0 Å². The molecule has 0 amide bonds. The Morgan fingerprint density at radius 2 is 1.70 bits per heavy atom. The Labute approximate surface area is 232 Å². The minimum absolute atomic E-state index is 0.106. The zero-order valence-corrected chi connectivity index (χ0v) is 22.6. The Kier molecular flexibility index (Phi) is 8.38. The number of fused-ring (bicyclic) bond motifs is 1. The van der Waals surface area contributed by atoms with Crippen molar-refractivity contribution < 1.29 is 23.4 Å². The van der Waals surface area contributed by atoms with Crippen molar-refractivity contribution in [2.24, 2.45) is 5.92 Å². The summed E-state index contributed by atoms with van der Waals surface area (Å²) < 4.78 is 40.8. The minimum Gasteiger partial charge on any atom is -0.394 e. The molecule has 2 N–H and O–H groups in total. The normalized spacial score (nSPS) is 24.6. The smallest absolute Gasteiger partial charge is 0.296 e. The van der Waals surface area contributed by atoms with Crippen molar-refractivity contribution >= 4 is 22.8 Å². The van der Waals surface area contributed by atoms with E-state index in [9.17, 15) is 13.9 Å². The number of ether oxygens (including phenoxy) is 2. The third-order valence-electron chi connectivity index (χ3n) is 8.37. The second-order valence-corrected chi connectivity index (χ2v) is 10.8. The van der Waals surface area contributed by atoms with Crippen molar-refractivity contribution in [3.8, 4) is 5.82 Å². The van der Waals surface area contributed by atoms with Crippen LogP contribution in [0, 0.1) is 5.92 Å². The maximum Gasteiger partial charge on any atom is 0.296 e. The molecule has 3 aliphatic rings. The van der Waals surface area contributed by atoms with Gasteiger partial charge in [-0.3, -0.25) is 9.47 Å². The molecule has 1 atom stereocenters. The third kappa shape index (κ3) is 5.76. The first-order valence-corrected chi connectivity index (χ1v) is 14.3. The number of anilines is 2. The number of para-hydroxylation sites is 2. The molecule has 2 saturated heterocycles. The molecule has 3 fully saturated rings. The zero-order valence-electron chi connectivity index (χ0n) is 22.6. The monoisotopic (exact) mass is 557 g/mol. The summed E-state index contributed by atoms with van der Waals surface area (Å²) >= 11 is 0. The number of hydrogen-bond acceptors (Lipinski definition) is 9. The topological polar surface area (TPSA) is 101 Å². The van der Waals surface area contributed by atoms with Crippen molar-refractivity contribution in [1.82, 2.24) is 24.4 Å². The number of aliphatic hydroxyl groups is 1. The largest absolute Gasteiger partial charge is 0.394 e. The predicted octanol–water partition coefficient (Wildman–Crippen LogP) is 3.25. The molecule has 40 heavy (non-hydrogen) atoms. The lowest BCUT2D eigenvalue weighted by Gasteiger charge is -2.38. The molecule has 1 saturated carbocycles. The van der Waals surface area contributed by atoms with Gasteiger partial charge in [0.15, 0.2) is 5.82 Å². The van der Waals surface area contributed by atoms with Gasteiger partial charge < -0.3 is 24.8 Å². The summed E-state index contributed by atoms with van der Waals surface area (Å²) in [5.41, 5.74) is 1.03. The Hall–Kier alpha value is -2.93. The van der Waals surface area contributed by atoms with Crippen LogP contribution in [-0.2, 0) is 9.47 Å². The van der Waals surface area contributed by atoms with Crippen LogP contribution in [0.2, 0.25) is 0 Å². The van der Waals surface area contributed by atoms with Gasteiger partial charge >= 0.3 is 0 Å². The average molecular weight is 558 g/mol. The summed E-state index contributed by atoms with van der Waals surface area (Å²) in [5, 5.41) is 13.4. The van der Waals surface area contributed by atoms with Crippen LogP contribution in [0.1, 0.15) is 37.9 Å². The SMILES string of the molecule is OC[C@H]1COCCN1c1cc(-n2c(C(F)F)nc3ccccc32)nc(NCC2CCC(N3CCOCC3)CC2)n1. The number of halogens is 2. The van der Waals surface area contributed by atoms with Crippen molar-refractivity contribution in [2.45, 2.75) is 44.2 Å². The maximum absolute atomic E-state index is 14.2. The first-order valence-electron chi connectivity index (χ1n) is 14.3. The summed E-state index contributed by atoms with van der Waals surface area (Å²) in [5.74, 6) is 1.37. The van der Waals surface area contributed by atoms with Crippen molar-refractivity contribution in [2.75, 3.05) is 69.4 Å². The van der Waals surface area contributed by atoms with Crippen molar-refractivity contribution in [3.63, 3.8) is 0 Å². The van der Waals surface area contributed by atoms with Gasteiger partial charge in [0.1, 0.15) is 11.6 Å². The average Bonchev–Trinajstić information content (AvgIpc) is 3.41. The Balaban J connectivity index is 1.27. The molecule has 0 radical (unpaired) electrons. The van der Waals surface area contributed by atoms with Gasteiger partial charge in [-0.15, -0.1) is 0 Å². The number of rotatable bonds is 8. The molecule has 216 valence electrons. The van der Waals surface area contributed by atoms with E-state index in [4.69, 9.17) is 19.4 Å². The number of aliphatic hydroxyl groups excluding tert-OH is 1. The molecule has 6 rings (SSSR count). The van der Waals surface area contributed by atoms with Gasteiger partial charge in [-0.25, -0.2) is 13.8 Å². The fraction of sp³-hybridized carbons (Fsp3) is 0.607. The molecular weight excluding hydrogens is 520 g/mol. The highest BCUT2D eigenvalue weighted by molar-refractivity contribution is 5.78. The Bertz CT molecular complexity index is 1280. The van der Waals surface area contributed by atoms with Gasteiger partial charge in [0.25, 0.3) is 6.43 Å². The lowest BCUT2D eigenvalue weighted by molar-refractivity contribution is 0.00539. The number of morpholine rings is 2. The summed E-state index contributed by atoms with van der Waals surface area (Å²) in [6, 6.07) is 9.10. The fourth-order valence-electron chi connectivity index (χ4n) is 6.19. The molecule has 0 spiro atoms. The molecule has 0 unspecified atom stereocenters. The molecular formula is C28H37F2N7O3. The molecule has 1 aromatic carbocycles. The van der Waals surface area contributed by atoms with E-state index in [-0.39, 0.29) is 18.5 Å². The van der Waals surface area contributed by atoms with Crippen LogP contribution in [0.15, 0.2) is 30.3 Å². The Morgan fingerprint density at radius 1 is 0.950 bits per heavy atom. The molecule has 4 heterocycles.